The van der Waals surface area contributed by atoms with Crippen LogP contribution >= 0.6 is 0 Å². The fourth-order valence-electron chi connectivity index (χ4n) is 2.16. The minimum absolute atomic E-state index is 0.167. The van der Waals surface area contributed by atoms with E-state index < -0.39 is 0 Å². The molecule has 0 radical (unpaired) electrons. The summed E-state index contributed by atoms with van der Waals surface area (Å²) in [6.07, 6.45) is 2.48. The molecule has 3 heteroatoms. The van der Waals surface area contributed by atoms with Crippen molar-refractivity contribution in [1.29, 1.82) is 0 Å². The zero-order valence-corrected chi connectivity index (χ0v) is 10.7. The molecule has 0 spiro atoms. The summed E-state index contributed by atoms with van der Waals surface area (Å²) >= 11 is 0. The Morgan fingerprint density at radius 2 is 2.00 bits per heavy atom. The lowest BCUT2D eigenvalue weighted by Gasteiger charge is -2.34. The lowest BCUT2D eigenvalue weighted by Crippen LogP contribution is -2.54. The second-order valence-electron chi connectivity index (χ2n) is 5.33. The highest BCUT2D eigenvalue weighted by Gasteiger charge is 2.32. The molecular formula is C14H22N2O. The van der Waals surface area contributed by atoms with Gasteiger partial charge in [0.25, 0.3) is 0 Å². The minimum atomic E-state index is -0.217. The Bertz CT molecular complexity index is 350. The van der Waals surface area contributed by atoms with Gasteiger partial charge in [-0.1, -0.05) is 18.2 Å². The van der Waals surface area contributed by atoms with Gasteiger partial charge in [0.05, 0.1) is 12.1 Å². The monoisotopic (exact) mass is 234 g/mol. The van der Waals surface area contributed by atoms with Gasteiger partial charge >= 0.3 is 0 Å². The molecule has 0 amide bonds. The summed E-state index contributed by atoms with van der Waals surface area (Å²) in [5.41, 5.74) is 0.968. The molecule has 1 aromatic carbocycles. The Morgan fingerprint density at radius 3 is 2.53 bits per heavy atom. The number of rotatable bonds is 6. The lowest BCUT2D eigenvalue weighted by molar-refractivity contribution is 0.177. The van der Waals surface area contributed by atoms with Crippen molar-refractivity contribution < 1.29 is 5.11 Å². The number of anilines is 1. The molecule has 3 nitrogen and oxygen atoms in total. The van der Waals surface area contributed by atoms with Crippen molar-refractivity contribution in [2.24, 2.45) is 0 Å². The van der Waals surface area contributed by atoms with Crippen LogP contribution in [0.1, 0.15) is 19.8 Å². The molecule has 0 heterocycles. The molecule has 1 unspecified atom stereocenters. The molecule has 94 valence electrons. The predicted octanol–water partition coefficient (Wildman–Crippen LogP) is 1.63. The second-order valence-corrected chi connectivity index (χ2v) is 5.33. The molecule has 1 aromatic rings. The molecule has 2 rings (SSSR count). The first-order valence-corrected chi connectivity index (χ1v) is 6.28. The molecule has 1 fully saturated rings. The summed E-state index contributed by atoms with van der Waals surface area (Å²) < 4.78 is 0. The molecule has 0 saturated heterocycles. The van der Waals surface area contributed by atoms with Gasteiger partial charge in [0.2, 0.25) is 0 Å². The highest BCUT2D eigenvalue weighted by Crippen LogP contribution is 2.23. The zero-order valence-electron chi connectivity index (χ0n) is 10.7. The summed E-state index contributed by atoms with van der Waals surface area (Å²) in [5, 5.41) is 13.1. The maximum atomic E-state index is 9.57. The summed E-state index contributed by atoms with van der Waals surface area (Å²) in [6, 6.07) is 10.9. The fraction of sp³-hybridized carbons (Fsp3) is 0.571. The first-order chi connectivity index (χ1) is 8.13. The van der Waals surface area contributed by atoms with Gasteiger partial charge < -0.3 is 15.3 Å². The van der Waals surface area contributed by atoms with Crippen molar-refractivity contribution >= 4 is 5.69 Å². The van der Waals surface area contributed by atoms with Crippen LogP contribution in [0.15, 0.2) is 30.3 Å². The predicted molar refractivity (Wildman–Crippen MR) is 71.4 cm³/mol. The summed E-state index contributed by atoms with van der Waals surface area (Å²) in [6.45, 7) is 3.06. The van der Waals surface area contributed by atoms with Crippen LogP contribution in [0.5, 0.6) is 0 Å². The first-order valence-electron chi connectivity index (χ1n) is 6.28. The third kappa shape index (κ3) is 3.45. The summed E-state index contributed by atoms with van der Waals surface area (Å²) in [7, 11) is 2.07. The van der Waals surface area contributed by atoms with Crippen LogP contribution < -0.4 is 10.2 Å². The van der Waals surface area contributed by atoms with Crippen molar-refractivity contribution in [2.45, 2.75) is 31.3 Å². The van der Waals surface area contributed by atoms with Gasteiger partial charge in [-0.15, -0.1) is 0 Å². The molecule has 1 aliphatic carbocycles. The summed E-state index contributed by atoms with van der Waals surface area (Å²) in [5.74, 6) is 0. The van der Waals surface area contributed by atoms with E-state index in [1.165, 1.54) is 18.5 Å². The van der Waals surface area contributed by atoms with E-state index >= 15 is 0 Å². The molecule has 0 aliphatic heterocycles. The van der Waals surface area contributed by atoms with Crippen LogP contribution in [0, 0.1) is 0 Å². The Labute approximate surface area is 103 Å². The number of likely N-dealkylation sites (N-methyl/N-ethyl adjacent to an activating group) is 1. The fourth-order valence-corrected chi connectivity index (χ4v) is 2.16. The second kappa shape index (κ2) is 5.07. The number of nitrogens with zero attached hydrogens (tertiary/aromatic N) is 1. The molecule has 1 atom stereocenters. The first kappa shape index (κ1) is 12.4. The minimum Gasteiger partial charge on any atom is -0.394 e. The molecule has 1 aliphatic rings. The van der Waals surface area contributed by atoms with Crippen LogP contribution in [0.25, 0.3) is 0 Å². The van der Waals surface area contributed by atoms with Crippen LogP contribution in [0.3, 0.4) is 0 Å². The Morgan fingerprint density at radius 1 is 1.35 bits per heavy atom. The normalized spacial score (nSPS) is 18.8. The number of aliphatic hydroxyl groups excluding tert-OH is 1. The molecule has 0 bridgehead atoms. The number of aliphatic hydroxyl groups is 1. The largest absolute Gasteiger partial charge is 0.394 e. The smallest absolute Gasteiger partial charge is 0.0628 e. The molecule has 17 heavy (non-hydrogen) atoms. The third-order valence-corrected chi connectivity index (χ3v) is 3.26. The standard InChI is InChI=1S/C14H22N2O/c1-14(11-17,15-12-8-9-12)10-16(2)13-6-4-3-5-7-13/h3-7,12,15,17H,8-11H2,1-2H3. The van der Waals surface area contributed by atoms with Crippen molar-refractivity contribution in [3.63, 3.8) is 0 Å². The topological polar surface area (TPSA) is 35.5 Å². The van der Waals surface area contributed by atoms with Crippen LogP contribution in [-0.2, 0) is 0 Å². The Hall–Kier alpha value is -1.06. The molecule has 0 aromatic heterocycles. The van der Waals surface area contributed by atoms with Gasteiger partial charge in [0.15, 0.2) is 0 Å². The van der Waals surface area contributed by atoms with Crippen molar-refractivity contribution in [1.82, 2.24) is 5.32 Å². The molecular weight excluding hydrogens is 212 g/mol. The van der Waals surface area contributed by atoms with Gasteiger partial charge in [-0.3, -0.25) is 0 Å². The van der Waals surface area contributed by atoms with E-state index in [1.807, 2.05) is 18.2 Å². The van der Waals surface area contributed by atoms with Crippen LogP contribution in [-0.4, -0.2) is 36.9 Å². The maximum Gasteiger partial charge on any atom is 0.0628 e. The summed E-state index contributed by atoms with van der Waals surface area (Å²) in [4.78, 5) is 2.19. The van der Waals surface area contributed by atoms with Gasteiger partial charge in [-0.2, -0.15) is 0 Å². The highest BCUT2D eigenvalue weighted by molar-refractivity contribution is 5.45. The average molecular weight is 234 g/mol. The lowest BCUT2D eigenvalue weighted by atomic mass is 10.0. The molecule has 1 saturated carbocycles. The highest BCUT2D eigenvalue weighted by atomic mass is 16.3. The number of hydrogen-bond donors (Lipinski definition) is 2. The van der Waals surface area contributed by atoms with Gasteiger partial charge in [0.1, 0.15) is 0 Å². The van der Waals surface area contributed by atoms with Crippen LogP contribution in [0.4, 0.5) is 5.69 Å². The SMILES string of the molecule is CN(CC(C)(CO)NC1CC1)c1ccccc1. The number of benzene rings is 1. The van der Waals surface area contributed by atoms with E-state index in [0.717, 1.165) is 6.54 Å². The third-order valence-electron chi connectivity index (χ3n) is 3.26. The van der Waals surface area contributed by atoms with E-state index in [2.05, 4.69) is 36.3 Å². The van der Waals surface area contributed by atoms with E-state index in [4.69, 9.17) is 0 Å². The van der Waals surface area contributed by atoms with Gasteiger partial charge in [0, 0.05) is 25.3 Å². The van der Waals surface area contributed by atoms with E-state index in [9.17, 15) is 5.11 Å². The van der Waals surface area contributed by atoms with Gasteiger partial charge in [-0.25, -0.2) is 0 Å². The number of hydrogen-bond acceptors (Lipinski definition) is 3. The quantitative estimate of drug-likeness (QED) is 0.785. The Kier molecular flexibility index (Phi) is 3.69. The maximum absolute atomic E-state index is 9.57. The van der Waals surface area contributed by atoms with Crippen molar-refractivity contribution in [3.05, 3.63) is 30.3 Å². The van der Waals surface area contributed by atoms with E-state index in [-0.39, 0.29) is 12.1 Å². The zero-order chi connectivity index (χ0) is 12.3. The van der Waals surface area contributed by atoms with Crippen LogP contribution in [0.2, 0.25) is 0 Å². The average Bonchev–Trinajstić information content (AvgIpc) is 3.14. The van der Waals surface area contributed by atoms with E-state index in [1.54, 1.807) is 0 Å². The van der Waals surface area contributed by atoms with Crippen molar-refractivity contribution in [3.8, 4) is 0 Å². The van der Waals surface area contributed by atoms with Crippen molar-refractivity contribution in [2.75, 3.05) is 25.1 Å². The van der Waals surface area contributed by atoms with Gasteiger partial charge in [-0.05, 0) is 31.9 Å². The molecule has 2 N–H and O–H groups in total. The number of nitrogens with one attached hydrogen (secondary N) is 1. The van der Waals surface area contributed by atoms with E-state index in [0.29, 0.717) is 6.04 Å². The number of para-hydroxylation sites is 1. The Balaban J connectivity index is 1.97.